The second-order valence-corrected chi connectivity index (χ2v) is 6.77. The molecule has 1 aliphatic heterocycles. The molecule has 0 saturated carbocycles. The van der Waals surface area contributed by atoms with Gasteiger partial charge in [-0.2, -0.15) is 17.6 Å². The summed E-state index contributed by atoms with van der Waals surface area (Å²) >= 11 is 0. The van der Waals surface area contributed by atoms with Crippen molar-refractivity contribution in [2.24, 2.45) is 4.99 Å². The van der Waals surface area contributed by atoms with Gasteiger partial charge in [0.2, 0.25) is 11.9 Å². The number of rotatable bonds is 4. The van der Waals surface area contributed by atoms with Gasteiger partial charge >= 0.3 is 6.55 Å². The van der Waals surface area contributed by atoms with Crippen molar-refractivity contribution in [3.8, 4) is 0 Å². The first kappa shape index (κ1) is 19.7. The Morgan fingerprint density at radius 2 is 1.60 bits per heavy atom. The number of alkyl halides is 2. The first-order chi connectivity index (χ1) is 14.3. The lowest BCUT2D eigenvalue weighted by atomic mass is 9.80. The van der Waals surface area contributed by atoms with Gasteiger partial charge in [0.15, 0.2) is 0 Å². The van der Waals surface area contributed by atoms with Gasteiger partial charge in [-0.3, -0.25) is 9.36 Å². The van der Waals surface area contributed by atoms with Gasteiger partial charge in [0.25, 0.3) is 5.56 Å². The monoisotopic (exact) mass is 417 g/mol. The van der Waals surface area contributed by atoms with Gasteiger partial charge in [-0.05, 0) is 25.1 Å². The molecule has 0 amide bonds. The van der Waals surface area contributed by atoms with Crippen molar-refractivity contribution in [1.82, 2.24) is 19.9 Å². The molecule has 3 aromatic rings. The Morgan fingerprint density at radius 1 is 1.00 bits per heavy atom. The van der Waals surface area contributed by atoms with E-state index in [0.29, 0.717) is 15.7 Å². The number of nitrogens with zero attached hydrogens (tertiary/aromatic N) is 4. The average Bonchev–Trinajstić information content (AvgIpc) is 3.07. The molecule has 0 unspecified atom stereocenters. The molecule has 1 N–H and O–H groups in total. The summed E-state index contributed by atoms with van der Waals surface area (Å²) in [5, 5.41) is 3.12. The lowest BCUT2D eigenvalue weighted by Gasteiger charge is -2.31. The molecule has 10 heteroatoms. The summed E-state index contributed by atoms with van der Waals surface area (Å²) in [4.78, 5) is 23.8. The number of hydrogen-bond acceptors (Lipinski definition) is 5. The van der Waals surface area contributed by atoms with E-state index in [0.717, 1.165) is 12.3 Å². The van der Waals surface area contributed by atoms with Crippen molar-refractivity contribution in [1.29, 1.82) is 0 Å². The number of halogens is 4. The number of aromatic nitrogens is 3. The van der Waals surface area contributed by atoms with E-state index < -0.39 is 35.6 Å². The van der Waals surface area contributed by atoms with Crippen LogP contribution in [0.5, 0.6) is 0 Å². The summed E-state index contributed by atoms with van der Waals surface area (Å²) in [7, 11) is 0. The highest BCUT2D eigenvalue weighted by molar-refractivity contribution is 6.00. The third-order valence-corrected chi connectivity index (χ3v) is 5.02. The molecule has 0 fully saturated rings. The number of hydrogen-bond donors (Lipinski definition) is 1. The highest BCUT2D eigenvalue weighted by Gasteiger charge is 2.45. The highest BCUT2D eigenvalue weighted by Crippen LogP contribution is 2.40. The minimum Gasteiger partial charge on any atom is -0.364 e. The first-order valence-corrected chi connectivity index (χ1v) is 8.92. The van der Waals surface area contributed by atoms with Crippen LogP contribution in [-0.2, 0) is 5.54 Å². The van der Waals surface area contributed by atoms with Crippen LogP contribution in [0.4, 0.5) is 17.6 Å². The van der Waals surface area contributed by atoms with E-state index in [1.54, 1.807) is 6.92 Å². The zero-order valence-electron chi connectivity index (χ0n) is 15.6. The summed E-state index contributed by atoms with van der Waals surface area (Å²) in [5.74, 6) is -1.12. The minimum atomic E-state index is -3.01. The van der Waals surface area contributed by atoms with Crippen LogP contribution in [0, 0.1) is 11.9 Å². The number of amidine groups is 1. The van der Waals surface area contributed by atoms with E-state index in [9.17, 15) is 22.4 Å². The third-order valence-electron chi connectivity index (χ3n) is 5.02. The van der Waals surface area contributed by atoms with Crippen molar-refractivity contribution in [2.75, 3.05) is 0 Å². The van der Waals surface area contributed by atoms with E-state index >= 15 is 0 Å². The fourth-order valence-corrected chi connectivity index (χ4v) is 3.56. The second kappa shape index (κ2) is 7.36. The molecule has 1 aliphatic rings. The summed E-state index contributed by atoms with van der Waals surface area (Å²) in [6.45, 7) is -1.23. The van der Waals surface area contributed by atoms with Crippen molar-refractivity contribution in [3.63, 3.8) is 0 Å². The molecule has 30 heavy (non-hydrogen) atoms. The van der Waals surface area contributed by atoms with E-state index in [1.165, 1.54) is 42.7 Å². The maximum absolute atomic E-state index is 13.4. The summed E-state index contributed by atoms with van der Waals surface area (Å²) in [6, 6.07) is 7.28. The number of nitrogens with one attached hydrogen (secondary N) is 1. The molecule has 154 valence electrons. The van der Waals surface area contributed by atoms with E-state index in [-0.39, 0.29) is 11.4 Å². The smallest absolute Gasteiger partial charge is 0.321 e. The lowest BCUT2D eigenvalue weighted by Crippen LogP contribution is -2.41. The molecule has 4 heterocycles. The molecular weight excluding hydrogens is 402 g/mol. The summed E-state index contributed by atoms with van der Waals surface area (Å²) in [6.07, 6.45) is 3.63. The standard InChI is InChI=1S/C20H15F4N5O/c1-11-20(13-3-5-15(21)25-8-13,14-4-6-16(22)26-9-14)28-18(27-11)12-2-7-17(30)29(10-12)19(23)24/h2-11,19H,1H3,(H,27,28)/t11-/m0/s1. The average molecular weight is 417 g/mol. The van der Waals surface area contributed by atoms with Crippen LogP contribution in [-0.4, -0.2) is 26.4 Å². The Hall–Kier alpha value is -3.56. The molecule has 0 aromatic carbocycles. The molecule has 0 radical (unpaired) electrons. The predicted molar refractivity (Wildman–Crippen MR) is 100 cm³/mol. The third kappa shape index (κ3) is 3.23. The topological polar surface area (TPSA) is 72.2 Å². The molecule has 6 nitrogen and oxygen atoms in total. The Kier molecular flexibility index (Phi) is 4.84. The Labute approximate surface area is 168 Å². The molecule has 4 rings (SSSR count). The molecule has 1 atom stereocenters. The van der Waals surface area contributed by atoms with Crippen LogP contribution in [0.3, 0.4) is 0 Å². The van der Waals surface area contributed by atoms with Crippen LogP contribution in [0.1, 0.15) is 30.2 Å². The van der Waals surface area contributed by atoms with Gasteiger partial charge < -0.3 is 5.32 Å². The van der Waals surface area contributed by atoms with Crippen LogP contribution < -0.4 is 10.9 Å². The number of aliphatic imine (C=N–C) groups is 1. The highest BCUT2D eigenvalue weighted by atomic mass is 19.3. The molecule has 0 bridgehead atoms. The summed E-state index contributed by atoms with van der Waals surface area (Å²) in [5.41, 5.74) is -0.780. The fraction of sp³-hybridized carbons (Fsp3) is 0.200. The van der Waals surface area contributed by atoms with Gasteiger partial charge in [0.05, 0.1) is 6.04 Å². The first-order valence-electron chi connectivity index (χ1n) is 8.92. The maximum Gasteiger partial charge on any atom is 0.321 e. The van der Waals surface area contributed by atoms with Crippen LogP contribution in [0.25, 0.3) is 0 Å². The van der Waals surface area contributed by atoms with Crippen LogP contribution in [0.2, 0.25) is 0 Å². The Balaban J connectivity index is 1.91. The van der Waals surface area contributed by atoms with Crippen molar-refractivity contribution >= 4 is 5.84 Å². The Morgan fingerprint density at radius 3 is 2.10 bits per heavy atom. The maximum atomic E-state index is 13.4. The minimum absolute atomic E-state index is 0.241. The molecule has 3 aromatic heterocycles. The Bertz CT molecular complexity index is 1110. The van der Waals surface area contributed by atoms with E-state index in [1.807, 2.05) is 0 Å². The van der Waals surface area contributed by atoms with E-state index in [4.69, 9.17) is 4.99 Å². The normalized spacial score (nSPS) is 17.7. The van der Waals surface area contributed by atoms with Crippen molar-refractivity contribution in [3.05, 3.63) is 93.9 Å². The van der Waals surface area contributed by atoms with Crippen molar-refractivity contribution in [2.45, 2.75) is 25.1 Å². The molecule has 0 aliphatic carbocycles. The van der Waals surface area contributed by atoms with Crippen LogP contribution in [0.15, 0.2) is 64.8 Å². The van der Waals surface area contributed by atoms with Crippen molar-refractivity contribution < 1.29 is 17.6 Å². The zero-order chi connectivity index (χ0) is 21.5. The number of pyridine rings is 3. The fourth-order valence-electron chi connectivity index (χ4n) is 3.56. The lowest BCUT2D eigenvalue weighted by molar-refractivity contribution is 0.0663. The van der Waals surface area contributed by atoms with Gasteiger partial charge in [0, 0.05) is 41.3 Å². The molecular formula is C20H15F4N5O. The zero-order valence-corrected chi connectivity index (χ0v) is 15.6. The largest absolute Gasteiger partial charge is 0.364 e. The molecule has 0 saturated heterocycles. The quantitative estimate of drug-likeness (QED) is 0.523. The molecule has 0 spiro atoms. The van der Waals surface area contributed by atoms with Crippen LogP contribution >= 0.6 is 0 Å². The van der Waals surface area contributed by atoms with Gasteiger partial charge in [-0.25, -0.2) is 15.0 Å². The van der Waals surface area contributed by atoms with Gasteiger partial charge in [0.1, 0.15) is 11.4 Å². The van der Waals surface area contributed by atoms with E-state index in [2.05, 4.69) is 15.3 Å². The second-order valence-electron chi connectivity index (χ2n) is 6.77. The predicted octanol–water partition coefficient (Wildman–Crippen LogP) is 2.99. The SMILES string of the molecule is C[C@@H]1NC(c2ccc(=O)n(C(F)F)c2)=NC1(c1ccc(F)nc1)c1ccc(F)nc1. The van der Waals surface area contributed by atoms with Gasteiger partial charge in [-0.15, -0.1) is 0 Å². The van der Waals surface area contributed by atoms with Gasteiger partial charge in [-0.1, -0.05) is 12.1 Å². The summed E-state index contributed by atoms with van der Waals surface area (Å²) < 4.78 is 53.4.